The van der Waals surface area contributed by atoms with Gasteiger partial charge in [-0.3, -0.25) is 4.46 Å². The van der Waals surface area contributed by atoms with Crippen molar-refractivity contribution in [2.75, 3.05) is 0 Å². The molecule has 0 aliphatic carbocycles. The molecule has 0 amide bonds. The normalized spacial score (nSPS) is 8.50. The summed E-state index contributed by atoms with van der Waals surface area (Å²) in [6, 6.07) is 0. The van der Waals surface area contributed by atoms with Crippen LogP contribution in [0.4, 0.5) is 0 Å². The Bertz CT molecular complexity index is 308. The van der Waals surface area contributed by atoms with Crippen molar-refractivity contribution in [2.24, 2.45) is 0 Å². The summed E-state index contributed by atoms with van der Waals surface area (Å²) >= 11 is 0. The maximum Gasteiger partial charge on any atom is 0.753 e. The van der Waals surface area contributed by atoms with Crippen LogP contribution in [0.15, 0.2) is 0 Å². The zero-order chi connectivity index (χ0) is 12.7. The molecule has 0 aromatic rings. The fourth-order valence-corrected chi connectivity index (χ4v) is 4.14. The van der Waals surface area contributed by atoms with Crippen molar-refractivity contribution in [3.05, 3.63) is 0 Å². The Balaban J connectivity index is 3.99. The first-order valence-electron chi connectivity index (χ1n) is 3.06. The SMILES string of the molecule is O=[Si]([O-])O[Si](=O)O[Si](=O)O[Si](=O)O[Si](=O)[O-]. The van der Waals surface area contributed by atoms with Crippen LogP contribution < -0.4 is 9.59 Å². The highest BCUT2D eigenvalue weighted by Gasteiger charge is 2.23. The van der Waals surface area contributed by atoms with Gasteiger partial charge in [-0.25, -0.2) is 0 Å². The molecule has 0 saturated carbocycles. The second-order valence-electron chi connectivity index (χ2n) is 1.66. The Labute approximate surface area is 94.7 Å². The predicted octanol–water partition coefficient (Wildman–Crippen LogP) is -5.15. The molecule has 0 fully saturated rings. The Morgan fingerprint density at radius 2 is 0.812 bits per heavy atom. The minimum Gasteiger partial charge on any atom is -0.543 e. The minimum atomic E-state index is -3.79. The molecule has 0 unspecified atom stereocenters. The molecule has 0 saturated heterocycles. The molecule has 0 N–H and O–H groups in total. The van der Waals surface area contributed by atoms with E-state index in [-0.39, 0.29) is 0 Å². The fourth-order valence-electron chi connectivity index (χ4n) is 0.335. The average molecular weight is 316 g/mol. The highest BCUT2D eigenvalue weighted by atomic mass is 28.4. The molecular weight excluding hydrogens is 316 g/mol. The van der Waals surface area contributed by atoms with E-state index in [2.05, 4.69) is 16.5 Å². The van der Waals surface area contributed by atoms with E-state index in [4.69, 9.17) is 0 Å². The molecule has 0 aromatic carbocycles. The van der Waals surface area contributed by atoms with Gasteiger partial charge in [0.05, 0.1) is 0 Å². The molecule has 88 valence electrons. The molecule has 0 aromatic heterocycles. The van der Waals surface area contributed by atoms with E-state index in [0.29, 0.717) is 0 Å². The first-order chi connectivity index (χ1) is 7.31. The van der Waals surface area contributed by atoms with Gasteiger partial charge in [0.25, 0.3) is 0 Å². The Hall–Kier alpha value is -1.12. The summed E-state index contributed by atoms with van der Waals surface area (Å²) in [7, 11) is -18.4. The van der Waals surface area contributed by atoms with Crippen molar-refractivity contribution in [3.8, 4) is 0 Å². The van der Waals surface area contributed by atoms with E-state index in [1.807, 2.05) is 0 Å². The first kappa shape index (κ1) is 14.9. The van der Waals surface area contributed by atoms with Gasteiger partial charge in [0.15, 0.2) is 0 Å². The smallest absolute Gasteiger partial charge is 0.543 e. The molecule has 0 heterocycles. The topological polar surface area (TPSA) is 168 Å². The summed E-state index contributed by atoms with van der Waals surface area (Å²) < 4.78 is 66.3. The summed E-state index contributed by atoms with van der Waals surface area (Å²) in [5, 5.41) is 0. The van der Waals surface area contributed by atoms with Gasteiger partial charge < -0.3 is 43.9 Å². The van der Waals surface area contributed by atoms with Crippen molar-refractivity contribution in [2.45, 2.75) is 0 Å². The van der Waals surface area contributed by atoms with Crippen LogP contribution in [-0.4, -0.2) is 45.9 Å². The third kappa shape index (κ3) is 8.21. The zero-order valence-electron chi connectivity index (χ0n) is 6.99. The molecule has 0 aliphatic rings. The van der Waals surface area contributed by atoms with Gasteiger partial charge in [-0.05, 0) is 0 Å². The third-order valence-corrected chi connectivity index (χ3v) is 6.00. The zero-order valence-corrected chi connectivity index (χ0v) is 12.0. The van der Waals surface area contributed by atoms with Gasteiger partial charge in [-0.2, -0.15) is 0 Å². The third-order valence-electron chi connectivity index (χ3n) is 0.667. The second kappa shape index (κ2) is 7.21. The Kier molecular flexibility index (Phi) is 6.70. The van der Waals surface area contributed by atoms with E-state index >= 15 is 0 Å². The van der Waals surface area contributed by atoms with Crippen LogP contribution in [0.2, 0.25) is 0 Å². The average Bonchev–Trinajstić information content (AvgIpc) is 1.97. The van der Waals surface area contributed by atoms with Crippen molar-refractivity contribution < 1.29 is 48.4 Å². The first-order valence-corrected chi connectivity index (χ1v) is 9.19. The lowest BCUT2D eigenvalue weighted by molar-refractivity contribution is -0.222. The van der Waals surface area contributed by atoms with Crippen molar-refractivity contribution in [1.29, 1.82) is 0 Å². The Morgan fingerprint density at radius 1 is 0.562 bits per heavy atom. The molecule has 16 heavy (non-hydrogen) atoms. The Morgan fingerprint density at radius 3 is 1.06 bits per heavy atom. The van der Waals surface area contributed by atoms with E-state index in [1.54, 1.807) is 0 Å². The summed E-state index contributed by atoms with van der Waals surface area (Å²) in [6.07, 6.45) is 0. The lowest BCUT2D eigenvalue weighted by atomic mass is 15.7. The predicted molar refractivity (Wildman–Crippen MR) is 36.5 cm³/mol. The van der Waals surface area contributed by atoms with Crippen LogP contribution in [0.25, 0.3) is 0 Å². The largest absolute Gasteiger partial charge is 0.753 e. The fraction of sp³-hybridized carbons (Fsp3) is 0. The van der Waals surface area contributed by atoms with Gasteiger partial charge in [-0.1, -0.05) is 0 Å². The van der Waals surface area contributed by atoms with Gasteiger partial charge in [0, 0.05) is 0 Å². The van der Waals surface area contributed by atoms with Crippen LogP contribution in [-0.2, 0) is 38.8 Å². The van der Waals surface area contributed by atoms with Gasteiger partial charge >= 0.3 is 45.9 Å². The van der Waals surface area contributed by atoms with E-state index in [1.165, 1.54) is 0 Å². The van der Waals surface area contributed by atoms with Gasteiger partial charge in [0.2, 0.25) is 0 Å². The van der Waals surface area contributed by atoms with Crippen LogP contribution in [0.1, 0.15) is 0 Å². The van der Waals surface area contributed by atoms with Gasteiger partial charge in [-0.15, -0.1) is 0 Å². The number of rotatable bonds is 8. The van der Waals surface area contributed by atoms with Crippen LogP contribution in [0, 0.1) is 0 Å². The molecule has 0 rings (SSSR count). The summed E-state index contributed by atoms with van der Waals surface area (Å²) in [5.74, 6) is 0. The summed E-state index contributed by atoms with van der Waals surface area (Å²) in [5.41, 5.74) is 0. The molecule has 0 spiro atoms. The van der Waals surface area contributed by atoms with E-state index < -0.39 is 45.9 Å². The van der Waals surface area contributed by atoms with Crippen LogP contribution in [0.3, 0.4) is 0 Å². The van der Waals surface area contributed by atoms with Gasteiger partial charge in [0.1, 0.15) is 0 Å². The van der Waals surface area contributed by atoms with Crippen molar-refractivity contribution in [1.82, 2.24) is 0 Å². The van der Waals surface area contributed by atoms with E-state index in [0.717, 1.165) is 0 Å². The maximum atomic E-state index is 10.7. The lowest BCUT2D eigenvalue weighted by Crippen LogP contribution is -2.35. The number of hydrogen-bond donors (Lipinski definition) is 0. The highest BCUT2D eigenvalue weighted by molar-refractivity contribution is 6.53. The van der Waals surface area contributed by atoms with Crippen LogP contribution >= 0.6 is 0 Å². The lowest BCUT2D eigenvalue weighted by Gasteiger charge is -2.06. The highest BCUT2D eigenvalue weighted by Crippen LogP contribution is 1.83. The molecule has 0 atom stereocenters. The number of hydrogen-bond acceptors (Lipinski definition) is 11. The maximum absolute atomic E-state index is 10.7. The monoisotopic (exact) mass is 316 g/mol. The van der Waals surface area contributed by atoms with Crippen molar-refractivity contribution in [3.63, 3.8) is 0 Å². The van der Waals surface area contributed by atoms with Crippen LogP contribution in [0.5, 0.6) is 0 Å². The minimum absolute atomic E-state index is 3.60. The second-order valence-corrected chi connectivity index (χ2v) is 7.42. The molecule has 16 heteroatoms. The quantitative estimate of drug-likeness (QED) is 0.392. The molecule has 11 nitrogen and oxygen atoms in total. The summed E-state index contributed by atoms with van der Waals surface area (Å²) in [6.45, 7) is 0. The van der Waals surface area contributed by atoms with Crippen molar-refractivity contribution >= 4 is 45.9 Å². The molecular formula is O11Si5-2. The summed E-state index contributed by atoms with van der Waals surface area (Å²) in [4.78, 5) is 19.7. The molecule has 0 radical (unpaired) electrons. The molecule has 0 aliphatic heterocycles. The standard InChI is InChI=1S/O11Si5/c1-12(2)8-14(5)10-16(7)11-15(6)9-13(3)4/q-2. The van der Waals surface area contributed by atoms with E-state index in [9.17, 15) is 31.9 Å². The molecule has 0 bridgehead atoms.